The lowest BCUT2D eigenvalue weighted by Gasteiger charge is -2.26. The Morgan fingerprint density at radius 3 is 2.69 bits per heavy atom. The number of carboxylic acid groups (broad SMARTS) is 1. The summed E-state index contributed by atoms with van der Waals surface area (Å²) in [6.07, 6.45) is 7.15. The molecule has 0 saturated carbocycles. The second-order valence-electron chi connectivity index (χ2n) is 9.11. The molecule has 3 aliphatic rings. The molecule has 1 aromatic carbocycles. The molecule has 5 heterocycles. The molecule has 0 amide bonds. The number of hydrogen-bond donors (Lipinski definition) is 1. The molecule has 9 heteroatoms. The summed E-state index contributed by atoms with van der Waals surface area (Å²) in [4.78, 5) is 23.5. The lowest BCUT2D eigenvalue weighted by Crippen LogP contribution is -2.21. The lowest BCUT2D eigenvalue weighted by molar-refractivity contribution is 0.0694. The van der Waals surface area contributed by atoms with Gasteiger partial charge in [0, 0.05) is 62.4 Å². The van der Waals surface area contributed by atoms with Gasteiger partial charge in [0.25, 0.3) is 0 Å². The van der Waals surface area contributed by atoms with Gasteiger partial charge >= 0.3 is 5.97 Å². The van der Waals surface area contributed by atoms with Gasteiger partial charge in [0.2, 0.25) is 0 Å². The minimum absolute atomic E-state index is 0.0623. The van der Waals surface area contributed by atoms with Gasteiger partial charge < -0.3 is 19.3 Å². The number of anilines is 1. The van der Waals surface area contributed by atoms with Crippen LogP contribution in [0.4, 0.5) is 5.82 Å². The Bertz CT molecular complexity index is 1500. The fraction of sp³-hybridized carbons (Fsp3) is 0.259. The van der Waals surface area contributed by atoms with Crippen LogP contribution in [-0.2, 0) is 11.3 Å². The van der Waals surface area contributed by atoms with E-state index >= 15 is 0 Å². The number of aromatic carboxylic acids is 1. The van der Waals surface area contributed by atoms with E-state index in [-0.39, 0.29) is 5.56 Å². The van der Waals surface area contributed by atoms with Crippen molar-refractivity contribution in [1.29, 1.82) is 0 Å². The Hall–Kier alpha value is -4.24. The minimum Gasteiger partial charge on any atom is -0.477 e. The van der Waals surface area contributed by atoms with Crippen LogP contribution in [0.25, 0.3) is 28.3 Å². The van der Waals surface area contributed by atoms with E-state index < -0.39 is 5.97 Å². The Morgan fingerprint density at radius 1 is 1.11 bits per heavy atom. The summed E-state index contributed by atoms with van der Waals surface area (Å²) in [5.41, 5.74) is 4.00. The summed E-state index contributed by atoms with van der Waals surface area (Å²) in [6.45, 7) is 2.12. The first-order chi connectivity index (χ1) is 17.6. The molecule has 182 valence electrons. The highest BCUT2D eigenvalue weighted by Crippen LogP contribution is 2.37. The SMILES string of the molecule is CN(Cc1ccccc1)c1cc(-c2cnc3n(C4CCOCC4)cccc2-3)nc2c(C(=O)O)cnn12. The van der Waals surface area contributed by atoms with Crippen molar-refractivity contribution in [3.8, 4) is 22.6 Å². The number of hydrogen-bond acceptors (Lipinski definition) is 6. The number of benzene rings is 1. The molecule has 6 rings (SSSR count). The monoisotopic (exact) mass is 482 g/mol. The number of nitrogens with zero attached hydrogens (tertiary/aromatic N) is 6. The zero-order valence-electron chi connectivity index (χ0n) is 19.9. The predicted molar refractivity (Wildman–Crippen MR) is 135 cm³/mol. The summed E-state index contributed by atoms with van der Waals surface area (Å²) in [5.74, 6) is 0.579. The molecule has 3 aliphatic heterocycles. The van der Waals surface area contributed by atoms with E-state index in [1.54, 1.807) is 4.52 Å². The molecule has 3 aromatic rings. The molecule has 2 aromatic heterocycles. The van der Waals surface area contributed by atoms with Gasteiger partial charge in [0.05, 0.1) is 11.9 Å². The molecule has 0 bridgehead atoms. The van der Waals surface area contributed by atoms with Crippen LogP contribution in [-0.4, -0.2) is 55.5 Å². The number of pyridine rings is 1. The standard InChI is InChI=1S/C27H26N6O3/c1-31(17-18-6-3-2-4-7-18)24-14-23(30-26-22(27(34)35)16-29-33(24)26)21-15-28-25-20(21)8-5-11-32(25)19-9-12-36-13-10-19/h2-8,11,14-16,19H,9-10,12-13,17H2,1H3,(H,34,35). The van der Waals surface area contributed by atoms with Gasteiger partial charge in [0.15, 0.2) is 5.65 Å². The maximum absolute atomic E-state index is 11.9. The number of rotatable bonds is 6. The van der Waals surface area contributed by atoms with Crippen LogP contribution < -0.4 is 4.90 Å². The Kier molecular flexibility index (Phi) is 5.61. The predicted octanol–water partition coefficient (Wildman–Crippen LogP) is 4.38. The average Bonchev–Trinajstić information content (AvgIpc) is 3.54. The van der Waals surface area contributed by atoms with Crippen molar-refractivity contribution in [1.82, 2.24) is 24.1 Å². The van der Waals surface area contributed by atoms with Gasteiger partial charge in [-0.2, -0.15) is 9.61 Å². The molecule has 36 heavy (non-hydrogen) atoms. The first-order valence-electron chi connectivity index (χ1n) is 12.0. The summed E-state index contributed by atoms with van der Waals surface area (Å²) < 4.78 is 9.37. The van der Waals surface area contributed by atoms with Crippen molar-refractivity contribution >= 4 is 17.4 Å². The Balaban J connectivity index is 1.46. The van der Waals surface area contributed by atoms with E-state index in [4.69, 9.17) is 14.7 Å². The number of carbonyl (C=O) groups is 1. The molecular weight excluding hydrogens is 456 g/mol. The van der Waals surface area contributed by atoms with E-state index in [0.717, 1.165) is 54.4 Å². The molecule has 0 radical (unpaired) electrons. The van der Waals surface area contributed by atoms with Gasteiger partial charge in [-0.25, -0.2) is 14.8 Å². The summed E-state index contributed by atoms with van der Waals surface area (Å²) in [5, 5.41) is 14.1. The molecule has 0 aliphatic carbocycles. The van der Waals surface area contributed by atoms with Crippen LogP contribution in [0.1, 0.15) is 34.8 Å². The lowest BCUT2D eigenvalue weighted by atomic mass is 10.0. The second kappa shape index (κ2) is 9.09. The fourth-order valence-corrected chi connectivity index (χ4v) is 4.97. The second-order valence-corrected chi connectivity index (χ2v) is 9.11. The van der Waals surface area contributed by atoms with Crippen LogP contribution in [0, 0.1) is 0 Å². The topological polar surface area (TPSA) is 97.8 Å². The Morgan fingerprint density at radius 2 is 1.92 bits per heavy atom. The highest BCUT2D eigenvalue weighted by atomic mass is 16.5. The summed E-state index contributed by atoms with van der Waals surface area (Å²) in [7, 11) is 1.97. The summed E-state index contributed by atoms with van der Waals surface area (Å²) in [6, 6.07) is 16.5. The van der Waals surface area contributed by atoms with Gasteiger partial charge in [-0.05, 0) is 30.5 Å². The van der Waals surface area contributed by atoms with Crippen LogP contribution >= 0.6 is 0 Å². The zero-order valence-corrected chi connectivity index (χ0v) is 19.9. The van der Waals surface area contributed by atoms with Crippen LogP contribution in [0.5, 0.6) is 0 Å². The van der Waals surface area contributed by atoms with Crippen molar-refractivity contribution in [2.45, 2.75) is 25.4 Å². The third-order valence-corrected chi connectivity index (χ3v) is 6.80. The third-order valence-electron chi connectivity index (χ3n) is 6.80. The molecule has 9 nitrogen and oxygen atoms in total. The van der Waals surface area contributed by atoms with E-state index in [1.807, 2.05) is 54.5 Å². The van der Waals surface area contributed by atoms with Gasteiger partial charge in [-0.1, -0.05) is 30.3 Å². The summed E-state index contributed by atoms with van der Waals surface area (Å²) >= 11 is 0. The molecule has 1 saturated heterocycles. The molecular formula is C27H26N6O3. The fourth-order valence-electron chi connectivity index (χ4n) is 4.97. The van der Waals surface area contributed by atoms with E-state index in [9.17, 15) is 9.90 Å². The number of ether oxygens (including phenoxy) is 1. The first kappa shape index (κ1) is 22.2. The van der Waals surface area contributed by atoms with E-state index in [0.29, 0.717) is 23.9 Å². The maximum atomic E-state index is 11.9. The van der Waals surface area contributed by atoms with Gasteiger partial charge in [0.1, 0.15) is 17.2 Å². The van der Waals surface area contributed by atoms with Crippen molar-refractivity contribution in [2.75, 3.05) is 25.2 Å². The van der Waals surface area contributed by atoms with Crippen molar-refractivity contribution in [2.24, 2.45) is 0 Å². The maximum Gasteiger partial charge on any atom is 0.341 e. The molecule has 0 unspecified atom stereocenters. The molecule has 0 spiro atoms. The number of aromatic nitrogens is 5. The third kappa shape index (κ3) is 3.87. The normalized spacial score (nSPS) is 14.5. The quantitative estimate of drug-likeness (QED) is 0.383. The zero-order chi connectivity index (χ0) is 24.6. The van der Waals surface area contributed by atoms with E-state index in [1.165, 1.54) is 6.20 Å². The van der Waals surface area contributed by atoms with Gasteiger partial charge in [-0.15, -0.1) is 0 Å². The smallest absolute Gasteiger partial charge is 0.341 e. The van der Waals surface area contributed by atoms with Gasteiger partial charge in [-0.3, -0.25) is 0 Å². The van der Waals surface area contributed by atoms with Crippen molar-refractivity contribution in [3.63, 3.8) is 0 Å². The van der Waals surface area contributed by atoms with Crippen LogP contribution in [0.15, 0.2) is 67.1 Å². The van der Waals surface area contributed by atoms with Crippen LogP contribution in [0.3, 0.4) is 0 Å². The molecule has 0 atom stereocenters. The number of carboxylic acids is 1. The average molecular weight is 483 g/mol. The minimum atomic E-state index is -1.06. The number of fused-ring (bicyclic) bond motifs is 2. The molecule has 1 N–H and O–H groups in total. The van der Waals surface area contributed by atoms with Crippen LogP contribution in [0.2, 0.25) is 0 Å². The highest BCUT2D eigenvalue weighted by molar-refractivity contribution is 5.95. The van der Waals surface area contributed by atoms with Crippen molar-refractivity contribution < 1.29 is 14.6 Å². The largest absolute Gasteiger partial charge is 0.477 e. The Labute approximate surface area is 207 Å². The van der Waals surface area contributed by atoms with Crippen molar-refractivity contribution in [3.05, 3.63) is 78.2 Å². The first-order valence-corrected chi connectivity index (χ1v) is 12.0. The van der Waals surface area contributed by atoms with E-state index in [2.05, 4.69) is 28.0 Å². The molecule has 1 fully saturated rings. The highest BCUT2D eigenvalue weighted by Gasteiger charge is 2.25.